The van der Waals surface area contributed by atoms with Crippen LogP contribution >= 0.6 is 0 Å². The smallest absolute Gasteiger partial charge is 0.126 e. The Hall–Kier alpha value is -0.930. The van der Waals surface area contributed by atoms with E-state index in [0.717, 1.165) is 38.0 Å². The lowest BCUT2D eigenvalue weighted by atomic mass is 10.1. The molecule has 0 spiro atoms. The van der Waals surface area contributed by atoms with Crippen LogP contribution in [0, 0.1) is 5.82 Å². The fourth-order valence-corrected chi connectivity index (χ4v) is 1.60. The highest BCUT2D eigenvalue weighted by Crippen LogP contribution is 2.05. The Balaban J connectivity index is 2.05. The topological polar surface area (TPSA) is 24.1 Å². The van der Waals surface area contributed by atoms with Gasteiger partial charge in [0, 0.05) is 0 Å². The zero-order valence-corrected chi connectivity index (χ0v) is 9.93. The number of hydrogen-bond donors (Lipinski definition) is 2. The number of halogens is 1. The normalized spacial score (nSPS) is 10.6. The molecule has 2 N–H and O–H groups in total. The van der Waals surface area contributed by atoms with Crippen molar-refractivity contribution in [2.24, 2.45) is 0 Å². The summed E-state index contributed by atoms with van der Waals surface area (Å²) in [6.07, 6.45) is 3.11. The number of hydrogen-bond acceptors (Lipinski definition) is 2. The summed E-state index contributed by atoms with van der Waals surface area (Å²) in [5.41, 5.74) is 0.797. The predicted molar refractivity (Wildman–Crippen MR) is 66.1 cm³/mol. The van der Waals surface area contributed by atoms with Crippen molar-refractivity contribution in [1.29, 1.82) is 0 Å². The van der Waals surface area contributed by atoms with Gasteiger partial charge in [0.05, 0.1) is 0 Å². The highest BCUT2D eigenvalue weighted by molar-refractivity contribution is 5.17. The summed E-state index contributed by atoms with van der Waals surface area (Å²) in [6, 6.07) is 6.97. The molecule has 3 heteroatoms. The van der Waals surface area contributed by atoms with E-state index in [2.05, 4.69) is 10.6 Å². The first kappa shape index (κ1) is 13.1. The van der Waals surface area contributed by atoms with Crippen LogP contribution < -0.4 is 10.6 Å². The summed E-state index contributed by atoms with van der Waals surface area (Å²) in [4.78, 5) is 0. The van der Waals surface area contributed by atoms with Gasteiger partial charge >= 0.3 is 0 Å². The van der Waals surface area contributed by atoms with E-state index in [9.17, 15) is 4.39 Å². The average Bonchev–Trinajstić information content (AvgIpc) is 2.30. The van der Waals surface area contributed by atoms with Crippen LogP contribution in [-0.2, 0) is 6.42 Å². The van der Waals surface area contributed by atoms with Gasteiger partial charge in [0.1, 0.15) is 5.82 Å². The van der Waals surface area contributed by atoms with Crippen molar-refractivity contribution < 1.29 is 4.39 Å². The molecule has 0 fully saturated rings. The summed E-state index contributed by atoms with van der Waals surface area (Å²) in [7, 11) is 1.96. The van der Waals surface area contributed by atoms with Gasteiger partial charge in [-0.25, -0.2) is 4.39 Å². The highest BCUT2D eigenvalue weighted by atomic mass is 19.1. The maximum absolute atomic E-state index is 13.2. The molecule has 0 unspecified atom stereocenters. The maximum atomic E-state index is 13.2. The lowest BCUT2D eigenvalue weighted by Crippen LogP contribution is -2.20. The number of rotatable bonds is 8. The molecule has 0 bridgehead atoms. The van der Waals surface area contributed by atoms with Crippen molar-refractivity contribution in [1.82, 2.24) is 10.6 Å². The first-order valence-corrected chi connectivity index (χ1v) is 5.93. The Bertz CT molecular complexity index is 289. The van der Waals surface area contributed by atoms with E-state index in [-0.39, 0.29) is 5.82 Å². The highest BCUT2D eigenvalue weighted by Gasteiger charge is 1.98. The minimum absolute atomic E-state index is 0.0977. The summed E-state index contributed by atoms with van der Waals surface area (Å²) in [5.74, 6) is -0.0977. The molecule has 0 atom stereocenters. The van der Waals surface area contributed by atoms with Crippen LogP contribution in [0.15, 0.2) is 24.3 Å². The zero-order chi connectivity index (χ0) is 11.6. The Kier molecular flexibility index (Phi) is 6.77. The second kappa shape index (κ2) is 8.25. The second-order valence-corrected chi connectivity index (χ2v) is 3.90. The van der Waals surface area contributed by atoms with Crippen LogP contribution in [0.2, 0.25) is 0 Å². The molecule has 0 radical (unpaired) electrons. The number of unbranched alkanes of at least 4 members (excludes halogenated alkanes) is 1. The molecule has 0 aliphatic rings. The molecule has 90 valence electrons. The van der Waals surface area contributed by atoms with Crippen molar-refractivity contribution in [2.45, 2.75) is 19.3 Å². The van der Waals surface area contributed by atoms with E-state index in [4.69, 9.17) is 0 Å². The monoisotopic (exact) mass is 224 g/mol. The molecular weight excluding hydrogens is 203 g/mol. The van der Waals surface area contributed by atoms with Crippen molar-refractivity contribution >= 4 is 0 Å². The molecular formula is C13H21FN2. The van der Waals surface area contributed by atoms with Crippen LogP contribution in [-0.4, -0.2) is 26.7 Å². The Morgan fingerprint density at radius 3 is 2.56 bits per heavy atom. The molecule has 1 aromatic carbocycles. The molecule has 0 aromatic heterocycles. The van der Waals surface area contributed by atoms with Gasteiger partial charge in [0.2, 0.25) is 0 Å². The summed E-state index contributed by atoms with van der Waals surface area (Å²) < 4.78 is 13.2. The lowest BCUT2D eigenvalue weighted by Gasteiger charge is -2.05. The Labute approximate surface area is 97.3 Å². The zero-order valence-electron chi connectivity index (χ0n) is 9.93. The maximum Gasteiger partial charge on any atom is 0.126 e. The largest absolute Gasteiger partial charge is 0.320 e. The summed E-state index contributed by atoms with van der Waals surface area (Å²) in [5, 5.41) is 6.44. The number of nitrogens with one attached hydrogen (secondary N) is 2. The first-order valence-electron chi connectivity index (χ1n) is 5.93. The van der Waals surface area contributed by atoms with E-state index in [1.54, 1.807) is 6.07 Å². The molecule has 2 nitrogen and oxygen atoms in total. The van der Waals surface area contributed by atoms with E-state index in [1.807, 2.05) is 19.2 Å². The van der Waals surface area contributed by atoms with Crippen molar-refractivity contribution in [2.75, 3.05) is 26.7 Å². The van der Waals surface area contributed by atoms with E-state index < -0.39 is 0 Å². The molecule has 0 saturated heterocycles. The average molecular weight is 224 g/mol. The first-order chi connectivity index (χ1) is 7.84. The standard InChI is InChI=1S/C13H21FN2/c1-15-9-4-5-10-16-11-8-12-6-2-3-7-13(12)14/h2-3,6-7,15-16H,4-5,8-11H2,1H3. The van der Waals surface area contributed by atoms with Crippen LogP contribution in [0.5, 0.6) is 0 Å². The molecule has 1 aromatic rings. The second-order valence-electron chi connectivity index (χ2n) is 3.90. The summed E-state index contributed by atoms with van der Waals surface area (Å²) >= 11 is 0. The molecule has 0 heterocycles. The quantitative estimate of drug-likeness (QED) is 0.660. The third kappa shape index (κ3) is 5.24. The third-order valence-electron chi connectivity index (χ3n) is 2.56. The predicted octanol–water partition coefficient (Wildman–Crippen LogP) is 1.96. The minimum atomic E-state index is -0.0977. The minimum Gasteiger partial charge on any atom is -0.320 e. The fraction of sp³-hybridized carbons (Fsp3) is 0.538. The van der Waals surface area contributed by atoms with Gasteiger partial charge in [0.15, 0.2) is 0 Å². The van der Waals surface area contributed by atoms with E-state index in [1.165, 1.54) is 12.5 Å². The van der Waals surface area contributed by atoms with Gasteiger partial charge in [0.25, 0.3) is 0 Å². The van der Waals surface area contributed by atoms with Gasteiger partial charge in [-0.1, -0.05) is 18.2 Å². The molecule has 0 saturated carbocycles. The van der Waals surface area contributed by atoms with E-state index >= 15 is 0 Å². The molecule has 0 aliphatic carbocycles. The van der Waals surface area contributed by atoms with Gasteiger partial charge in [-0.15, -0.1) is 0 Å². The van der Waals surface area contributed by atoms with Crippen molar-refractivity contribution in [3.05, 3.63) is 35.6 Å². The molecule has 16 heavy (non-hydrogen) atoms. The van der Waals surface area contributed by atoms with Crippen LogP contribution in [0.4, 0.5) is 4.39 Å². The van der Waals surface area contributed by atoms with Gasteiger partial charge in [-0.05, 0) is 57.6 Å². The van der Waals surface area contributed by atoms with Crippen LogP contribution in [0.1, 0.15) is 18.4 Å². The fourth-order valence-electron chi connectivity index (χ4n) is 1.60. The van der Waals surface area contributed by atoms with Crippen LogP contribution in [0.3, 0.4) is 0 Å². The molecule has 0 aliphatic heterocycles. The SMILES string of the molecule is CNCCCCNCCc1ccccc1F. The van der Waals surface area contributed by atoms with Crippen molar-refractivity contribution in [3.8, 4) is 0 Å². The van der Waals surface area contributed by atoms with Crippen LogP contribution in [0.25, 0.3) is 0 Å². The third-order valence-corrected chi connectivity index (χ3v) is 2.56. The van der Waals surface area contributed by atoms with Gasteiger partial charge in [-0.2, -0.15) is 0 Å². The molecule has 0 amide bonds. The Morgan fingerprint density at radius 2 is 1.81 bits per heavy atom. The lowest BCUT2D eigenvalue weighted by molar-refractivity contribution is 0.583. The van der Waals surface area contributed by atoms with Crippen molar-refractivity contribution in [3.63, 3.8) is 0 Å². The Morgan fingerprint density at radius 1 is 1.06 bits per heavy atom. The van der Waals surface area contributed by atoms with E-state index in [0.29, 0.717) is 0 Å². The van der Waals surface area contributed by atoms with Gasteiger partial charge in [-0.3, -0.25) is 0 Å². The molecule has 1 rings (SSSR count). The summed E-state index contributed by atoms with van der Waals surface area (Å²) in [6.45, 7) is 2.92. The number of benzene rings is 1. The van der Waals surface area contributed by atoms with Gasteiger partial charge < -0.3 is 10.6 Å².